The number of nitrogens with zero attached hydrogens (tertiary/aromatic N) is 1. The molecule has 1 aromatic carbocycles. The summed E-state index contributed by atoms with van der Waals surface area (Å²) in [5, 5.41) is 9.48. The van der Waals surface area contributed by atoms with Crippen molar-refractivity contribution in [2.24, 2.45) is 0 Å². The highest BCUT2D eigenvalue weighted by Crippen LogP contribution is 2.21. The molecule has 0 bridgehead atoms. The van der Waals surface area contributed by atoms with Crippen molar-refractivity contribution in [1.29, 1.82) is 0 Å². The van der Waals surface area contributed by atoms with E-state index < -0.39 is 0 Å². The van der Waals surface area contributed by atoms with Crippen LogP contribution in [0.3, 0.4) is 0 Å². The van der Waals surface area contributed by atoms with Crippen molar-refractivity contribution < 1.29 is 14.3 Å². The molecule has 0 saturated carbocycles. The van der Waals surface area contributed by atoms with Gasteiger partial charge < -0.3 is 20.1 Å². The monoisotopic (exact) mass is 293 g/mol. The van der Waals surface area contributed by atoms with E-state index in [0.717, 1.165) is 50.4 Å². The van der Waals surface area contributed by atoms with Crippen molar-refractivity contribution in [2.45, 2.75) is 32.1 Å². The lowest BCUT2D eigenvalue weighted by Crippen LogP contribution is -2.52. The molecule has 2 rings (SSSR count). The van der Waals surface area contributed by atoms with Crippen LogP contribution in [0.25, 0.3) is 0 Å². The Balaban J connectivity index is 1.60. The van der Waals surface area contributed by atoms with Gasteiger partial charge in [-0.2, -0.15) is 0 Å². The summed E-state index contributed by atoms with van der Waals surface area (Å²) in [6.07, 6.45) is 5.88. The number of benzene rings is 1. The summed E-state index contributed by atoms with van der Waals surface area (Å²) in [6, 6.07) is 5.22. The smallest absolute Gasteiger partial charge is 0.116 e. The van der Waals surface area contributed by atoms with Gasteiger partial charge in [-0.15, -0.1) is 0 Å². The van der Waals surface area contributed by atoms with E-state index in [9.17, 15) is 5.11 Å². The largest absolute Gasteiger partial charge is 0.508 e. The average Bonchev–Trinajstić information content (AvgIpc) is 2.47. The number of hydrogen-bond acceptors (Lipinski definition) is 3. The Hall–Kier alpha value is -1.26. The second-order valence-electron chi connectivity index (χ2n) is 6.45. The van der Waals surface area contributed by atoms with Crippen molar-refractivity contribution in [2.75, 3.05) is 45.6 Å². The van der Waals surface area contributed by atoms with Crippen molar-refractivity contribution >= 4 is 5.69 Å². The highest BCUT2D eigenvalue weighted by molar-refractivity contribution is 5.50. The van der Waals surface area contributed by atoms with E-state index in [1.54, 1.807) is 18.2 Å². The Labute approximate surface area is 128 Å². The summed E-state index contributed by atoms with van der Waals surface area (Å²) in [4.78, 5) is 0. The number of nitrogens with two attached hydrogens (primary N) is 1. The van der Waals surface area contributed by atoms with E-state index >= 15 is 0 Å². The maximum Gasteiger partial charge on any atom is 0.116 e. The Morgan fingerprint density at radius 1 is 1.14 bits per heavy atom. The molecule has 4 heteroatoms. The Bertz CT molecular complexity index is 442. The van der Waals surface area contributed by atoms with Crippen molar-refractivity contribution in [3.8, 4) is 5.75 Å². The van der Waals surface area contributed by atoms with Gasteiger partial charge in [0.1, 0.15) is 18.8 Å². The van der Waals surface area contributed by atoms with E-state index in [-0.39, 0.29) is 0 Å². The molecule has 1 saturated heterocycles. The minimum atomic E-state index is 0.309. The molecule has 21 heavy (non-hydrogen) atoms. The number of aryl methyl sites for hydroxylation is 1. The van der Waals surface area contributed by atoms with Crippen LogP contribution in [0.2, 0.25) is 0 Å². The number of phenols is 1. The van der Waals surface area contributed by atoms with Crippen LogP contribution in [0.4, 0.5) is 5.69 Å². The number of nitrogen functional groups attached to an aromatic ring is 1. The maximum atomic E-state index is 9.48. The molecule has 0 spiro atoms. The van der Waals surface area contributed by atoms with Gasteiger partial charge in [0.2, 0.25) is 0 Å². The Morgan fingerprint density at radius 3 is 2.62 bits per heavy atom. The van der Waals surface area contributed by atoms with Crippen LogP contribution in [0, 0.1) is 0 Å². The lowest BCUT2D eigenvalue weighted by molar-refractivity contribution is -0.917. The molecule has 0 radical (unpaired) electrons. The number of hydrogen-bond donors (Lipinski definition) is 2. The zero-order valence-electron chi connectivity index (χ0n) is 13.2. The number of unbranched alkanes of at least 4 members (excludes halogenated alkanes) is 3. The van der Waals surface area contributed by atoms with Crippen molar-refractivity contribution in [3.63, 3.8) is 0 Å². The van der Waals surface area contributed by atoms with Crippen LogP contribution < -0.4 is 5.73 Å². The number of rotatable bonds is 7. The molecular weight excluding hydrogens is 264 g/mol. The molecule has 0 unspecified atom stereocenters. The summed E-state index contributed by atoms with van der Waals surface area (Å²) in [6.45, 7) is 5.39. The van der Waals surface area contributed by atoms with Gasteiger partial charge >= 0.3 is 0 Å². The molecule has 118 valence electrons. The van der Waals surface area contributed by atoms with Crippen LogP contribution >= 0.6 is 0 Å². The van der Waals surface area contributed by atoms with Gasteiger partial charge in [0.25, 0.3) is 0 Å². The van der Waals surface area contributed by atoms with Crippen LogP contribution in [0.15, 0.2) is 18.2 Å². The van der Waals surface area contributed by atoms with Crippen molar-refractivity contribution in [1.82, 2.24) is 0 Å². The summed E-state index contributed by atoms with van der Waals surface area (Å²) >= 11 is 0. The van der Waals surface area contributed by atoms with Gasteiger partial charge in [-0.1, -0.05) is 6.42 Å². The molecule has 4 nitrogen and oxygen atoms in total. The number of phenolic OH excluding ortho intramolecular Hbond substituents is 1. The fourth-order valence-corrected chi connectivity index (χ4v) is 2.98. The van der Waals surface area contributed by atoms with Gasteiger partial charge in [0, 0.05) is 5.69 Å². The summed E-state index contributed by atoms with van der Waals surface area (Å²) < 4.78 is 6.60. The highest BCUT2D eigenvalue weighted by Gasteiger charge is 2.24. The molecule has 1 aliphatic heterocycles. The van der Waals surface area contributed by atoms with Crippen molar-refractivity contribution in [3.05, 3.63) is 23.8 Å². The predicted molar refractivity (Wildman–Crippen MR) is 86.3 cm³/mol. The molecule has 1 aliphatic rings. The average molecular weight is 293 g/mol. The standard InChI is InChI=1S/C17H28N2O2/c1-19(10-12-21-13-11-19)9-5-3-2-4-6-15-14-16(20)7-8-17(15)18/h7-8,14H,2-6,9-13,18H2,1H3/p+1. The SMILES string of the molecule is C[N+]1(CCCCCCc2cc(O)ccc2N)CCOCC1. The first kappa shape index (κ1) is 16.1. The fourth-order valence-electron chi connectivity index (χ4n) is 2.98. The third-order valence-electron chi connectivity index (χ3n) is 4.57. The molecule has 0 aliphatic carbocycles. The Kier molecular flexibility index (Phi) is 5.88. The minimum Gasteiger partial charge on any atom is -0.508 e. The molecule has 1 heterocycles. The normalized spacial score (nSPS) is 17.8. The number of anilines is 1. The molecule has 0 atom stereocenters. The number of quaternary nitrogens is 1. The summed E-state index contributed by atoms with van der Waals surface area (Å²) in [7, 11) is 2.34. The zero-order chi connectivity index (χ0) is 15.1. The summed E-state index contributed by atoms with van der Waals surface area (Å²) in [5.74, 6) is 0.309. The number of likely N-dealkylation sites (N-methyl/N-ethyl adjacent to an activating group) is 1. The highest BCUT2D eigenvalue weighted by atomic mass is 16.5. The molecule has 1 aromatic rings. The van der Waals surface area contributed by atoms with E-state index in [2.05, 4.69) is 7.05 Å². The number of aromatic hydroxyl groups is 1. The number of ether oxygens (including phenoxy) is 1. The molecular formula is C17H29N2O2+. The molecule has 0 amide bonds. The first-order valence-corrected chi connectivity index (χ1v) is 8.08. The topological polar surface area (TPSA) is 55.5 Å². The first-order valence-electron chi connectivity index (χ1n) is 8.08. The molecule has 1 fully saturated rings. The zero-order valence-corrected chi connectivity index (χ0v) is 13.2. The van der Waals surface area contributed by atoms with Gasteiger partial charge in [-0.05, 0) is 49.4 Å². The number of morpholine rings is 1. The molecule has 0 aromatic heterocycles. The van der Waals surface area contributed by atoms with Gasteiger partial charge in [-0.3, -0.25) is 0 Å². The lowest BCUT2D eigenvalue weighted by atomic mass is 10.0. The third-order valence-corrected chi connectivity index (χ3v) is 4.57. The van der Waals surface area contributed by atoms with Crippen LogP contribution in [0.1, 0.15) is 31.2 Å². The maximum absolute atomic E-state index is 9.48. The Morgan fingerprint density at radius 2 is 1.86 bits per heavy atom. The second-order valence-corrected chi connectivity index (χ2v) is 6.45. The van der Waals surface area contributed by atoms with Crippen LogP contribution in [0.5, 0.6) is 5.75 Å². The van der Waals surface area contributed by atoms with Gasteiger partial charge in [-0.25, -0.2) is 0 Å². The summed E-state index contributed by atoms with van der Waals surface area (Å²) in [5.41, 5.74) is 7.78. The van der Waals surface area contributed by atoms with Gasteiger partial charge in [0.05, 0.1) is 26.8 Å². The molecule has 3 N–H and O–H groups in total. The third kappa shape index (κ3) is 5.21. The van der Waals surface area contributed by atoms with E-state index in [0.29, 0.717) is 5.75 Å². The van der Waals surface area contributed by atoms with E-state index in [1.807, 2.05) is 0 Å². The predicted octanol–water partition coefficient (Wildman–Crippen LogP) is 2.55. The fraction of sp³-hybridized carbons (Fsp3) is 0.647. The van der Waals surface area contributed by atoms with Crippen LogP contribution in [-0.2, 0) is 11.2 Å². The van der Waals surface area contributed by atoms with E-state index in [4.69, 9.17) is 10.5 Å². The van der Waals surface area contributed by atoms with E-state index in [1.165, 1.54) is 30.3 Å². The van der Waals surface area contributed by atoms with Crippen LogP contribution in [-0.4, -0.2) is 49.5 Å². The quantitative estimate of drug-likeness (QED) is 0.351. The lowest BCUT2D eigenvalue weighted by Gasteiger charge is -2.37. The minimum absolute atomic E-state index is 0.309. The van der Waals surface area contributed by atoms with Gasteiger partial charge in [0.15, 0.2) is 0 Å². The second kappa shape index (κ2) is 7.66. The first-order chi connectivity index (χ1) is 10.1.